The summed E-state index contributed by atoms with van der Waals surface area (Å²) in [4.78, 5) is 30.2. The average Bonchev–Trinajstić information content (AvgIpc) is 2.63. The molecule has 138 valence electrons. The van der Waals surface area contributed by atoms with Crippen LogP contribution in [0.15, 0.2) is 42.6 Å². The van der Waals surface area contributed by atoms with Crippen molar-refractivity contribution in [3.8, 4) is 0 Å². The molecule has 0 spiro atoms. The summed E-state index contributed by atoms with van der Waals surface area (Å²) in [5.41, 5.74) is 1.46. The number of hydrogen-bond acceptors (Lipinski definition) is 4. The van der Waals surface area contributed by atoms with Crippen LogP contribution in [-0.4, -0.2) is 39.5 Å². The van der Waals surface area contributed by atoms with Gasteiger partial charge in [0.2, 0.25) is 5.91 Å². The molecule has 1 heterocycles. The fourth-order valence-electron chi connectivity index (χ4n) is 2.61. The van der Waals surface area contributed by atoms with Crippen LogP contribution < -0.4 is 5.32 Å². The summed E-state index contributed by atoms with van der Waals surface area (Å²) < 4.78 is 0. The molecule has 2 amide bonds. The number of pyridine rings is 1. The highest BCUT2D eigenvalue weighted by atomic mass is 35.5. The number of rotatable bonds is 7. The molecule has 0 unspecified atom stereocenters. The minimum absolute atomic E-state index is 0.169. The van der Waals surface area contributed by atoms with E-state index in [1.807, 2.05) is 19.1 Å². The van der Waals surface area contributed by atoms with Gasteiger partial charge in [-0.25, -0.2) is 0 Å². The van der Waals surface area contributed by atoms with Gasteiger partial charge in [-0.2, -0.15) is 0 Å². The molecular weight excluding hydrogens is 354 g/mol. The maximum atomic E-state index is 13.2. The number of aliphatic hydroxyl groups is 1. The third-order valence-electron chi connectivity index (χ3n) is 3.96. The fraction of sp³-hybridized carbons (Fsp3) is 0.316. The number of carbonyl (C=O) groups is 2. The van der Waals surface area contributed by atoms with Crippen LogP contribution in [0.5, 0.6) is 0 Å². The van der Waals surface area contributed by atoms with E-state index in [1.165, 1.54) is 6.92 Å². The number of hydrogen-bond donors (Lipinski definition) is 2. The molecular formula is C19H22ClN3O3. The van der Waals surface area contributed by atoms with Crippen LogP contribution in [-0.2, 0) is 11.3 Å². The molecule has 0 fully saturated rings. The Morgan fingerprint density at radius 1 is 1.31 bits per heavy atom. The molecule has 0 aliphatic carbocycles. The Bertz CT molecular complexity index is 764. The Morgan fingerprint density at radius 2 is 2.08 bits per heavy atom. The van der Waals surface area contributed by atoms with Crippen LogP contribution in [0, 0.1) is 0 Å². The van der Waals surface area contributed by atoms with Gasteiger partial charge in [-0.05, 0) is 36.8 Å². The molecule has 2 rings (SSSR count). The van der Waals surface area contributed by atoms with Crippen molar-refractivity contribution in [2.75, 3.05) is 11.9 Å². The van der Waals surface area contributed by atoms with Gasteiger partial charge in [0.05, 0.1) is 35.5 Å². The lowest BCUT2D eigenvalue weighted by atomic mass is 10.1. The van der Waals surface area contributed by atoms with Crippen LogP contribution in [0.25, 0.3) is 0 Å². The van der Waals surface area contributed by atoms with Crippen LogP contribution >= 0.6 is 11.6 Å². The Balaban J connectivity index is 2.37. The van der Waals surface area contributed by atoms with E-state index in [1.54, 1.807) is 35.4 Å². The Kier molecular flexibility index (Phi) is 7.12. The van der Waals surface area contributed by atoms with Gasteiger partial charge >= 0.3 is 0 Å². The fourth-order valence-corrected chi connectivity index (χ4v) is 2.80. The first kappa shape index (κ1) is 19.9. The van der Waals surface area contributed by atoms with Crippen molar-refractivity contribution < 1.29 is 14.7 Å². The summed E-state index contributed by atoms with van der Waals surface area (Å²) in [6, 6.07) is 9.83. The van der Waals surface area contributed by atoms with Gasteiger partial charge in [0, 0.05) is 18.8 Å². The summed E-state index contributed by atoms with van der Waals surface area (Å²) in [7, 11) is 0. The smallest absolute Gasteiger partial charge is 0.256 e. The van der Waals surface area contributed by atoms with E-state index in [4.69, 9.17) is 11.6 Å². The number of carbonyl (C=O) groups excluding carboxylic acids is 2. The van der Waals surface area contributed by atoms with Crippen molar-refractivity contribution in [2.24, 2.45) is 0 Å². The third-order valence-corrected chi connectivity index (χ3v) is 4.29. The Morgan fingerprint density at radius 3 is 2.65 bits per heavy atom. The second kappa shape index (κ2) is 9.31. The van der Waals surface area contributed by atoms with Gasteiger partial charge in [-0.15, -0.1) is 0 Å². The molecule has 0 bridgehead atoms. The van der Waals surface area contributed by atoms with Crippen molar-refractivity contribution >= 4 is 29.1 Å². The highest BCUT2D eigenvalue weighted by Gasteiger charge is 2.25. The lowest BCUT2D eigenvalue weighted by Gasteiger charge is -2.30. The number of nitrogens with one attached hydrogen (secondary N) is 1. The van der Waals surface area contributed by atoms with Crippen molar-refractivity contribution in [1.29, 1.82) is 0 Å². The first-order chi connectivity index (χ1) is 12.5. The summed E-state index contributed by atoms with van der Waals surface area (Å²) in [6.45, 7) is 3.37. The van der Waals surface area contributed by atoms with Crippen molar-refractivity contribution in [2.45, 2.75) is 32.9 Å². The molecule has 1 atom stereocenters. The molecule has 2 N–H and O–H groups in total. The van der Waals surface area contributed by atoms with Gasteiger partial charge in [0.1, 0.15) is 0 Å². The van der Waals surface area contributed by atoms with E-state index in [2.05, 4.69) is 10.3 Å². The average molecular weight is 376 g/mol. The number of aliphatic hydroxyl groups excluding tert-OH is 1. The Hall–Kier alpha value is -2.44. The van der Waals surface area contributed by atoms with Gasteiger partial charge in [-0.1, -0.05) is 24.6 Å². The molecule has 0 radical (unpaired) electrons. The maximum absolute atomic E-state index is 13.2. The number of nitrogens with zero attached hydrogens (tertiary/aromatic N) is 2. The van der Waals surface area contributed by atoms with Gasteiger partial charge in [0.15, 0.2) is 0 Å². The molecule has 6 nitrogen and oxygen atoms in total. The molecule has 1 aromatic heterocycles. The molecule has 2 aromatic rings. The van der Waals surface area contributed by atoms with E-state index in [0.717, 1.165) is 0 Å². The van der Waals surface area contributed by atoms with Crippen LogP contribution in [0.1, 0.15) is 36.3 Å². The van der Waals surface area contributed by atoms with E-state index in [9.17, 15) is 14.7 Å². The lowest BCUT2D eigenvalue weighted by molar-refractivity contribution is -0.114. The SMILES string of the molecule is CC[C@H](CO)N(Cc1ccccn1)C(=O)c1cc(NC(C)=O)ccc1Cl. The minimum atomic E-state index is -0.370. The summed E-state index contributed by atoms with van der Waals surface area (Å²) in [6.07, 6.45) is 2.24. The molecule has 0 saturated carbocycles. The van der Waals surface area contributed by atoms with Crippen molar-refractivity contribution in [3.63, 3.8) is 0 Å². The number of anilines is 1. The third kappa shape index (κ3) is 5.03. The largest absolute Gasteiger partial charge is 0.394 e. The topological polar surface area (TPSA) is 82.5 Å². The first-order valence-corrected chi connectivity index (χ1v) is 8.73. The molecule has 7 heteroatoms. The van der Waals surface area contributed by atoms with Gasteiger partial charge < -0.3 is 15.3 Å². The molecule has 1 aromatic carbocycles. The zero-order valence-electron chi connectivity index (χ0n) is 14.8. The molecule has 26 heavy (non-hydrogen) atoms. The second-order valence-corrected chi connectivity index (χ2v) is 6.28. The highest BCUT2D eigenvalue weighted by molar-refractivity contribution is 6.34. The highest BCUT2D eigenvalue weighted by Crippen LogP contribution is 2.24. The van der Waals surface area contributed by atoms with E-state index in [0.29, 0.717) is 17.8 Å². The number of halogens is 1. The van der Waals surface area contributed by atoms with Gasteiger partial charge in [0.25, 0.3) is 5.91 Å². The predicted molar refractivity (Wildman–Crippen MR) is 101 cm³/mol. The van der Waals surface area contributed by atoms with E-state index < -0.39 is 0 Å². The van der Waals surface area contributed by atoms with Gasteiger partial charge in [-0.3, -0.25) is 14.6 Å². The van der Waals surface area contributed by atoms with Crippen LogP contribution in [0.4, 0.5) is 5.69 Å². The molecule has 0 saturated heterocycles. The minimum Gasteiger partial charge on any atom is -0.394 e. The maximum Gasteiger partial charge on any atom is 0.256 e. The van der Waals surface area contributed by atoms with Crippen molar-refractivity contribution in [1.82, 2.24) is 9.88 Å². The molecule has 0 aliphatic heterocycles. The summed E-state index contributed by atoms with van der Waals surface area (Å²) in [5, 5.41) is 12.6. The summed E-state index contributed by atoms with van der Waals surface area (Å²) in [5.74, 6) is -0.563. The van der Waals surface area contributed by atoms with Crippen molar-refractivity contribution in [3.05, 3.63) is 58.9 Å². The number of benzene rings is 1. The number of amides is 2. The number of aromatic nitrogens is 1. The predicted octanol–water partition coefficient (Wildman–Crippen LogP) is 3.11. The monoisotopic (exact) mass is 375 g/mol. The zero-order valence-corrected chi connectivity index (χ0v) is 15.5. The Labute approximate surface area is 157 Å². The lowest BCUT2D eigenvalue weighted by Crippen LogP contribution is -2.42. The quantitative estimate of drug-likeness (QED) is 0.779. The van der Waals surface area contributed by atoms with E-state index in [-0.39, 0.29) is 41.6 Å². The van der Waals surface area contributed by atoms with E-state index >= 15 is 0 Å². The van der Waals surface area contributed by atoms with Crippen LogP contribution in [0.2, 0.25) is 5.02 Å². The zero-order chi connectivity index (χ0) is 19.1. The normalized spacial score (nSPS) is 11.7. The first-order valence-electron chi connectivity index (χ1n) is 8.35. The standard InChI is InChI=1S/C19H22ClN3O3/c1-3-16(12-24)23(11-15-6-4-5-9-21-15)19(26)17-10-14(22-13(2)25)7-8-18(17)20/h4-10,16,24H,3,11-12H2,1-2H3,(H,22,25)/t16-/m1/s1. The van der Waals surface area contributed by atoms with Crippen LogP contribution in [0.3, 0.4) is 0 Å². The summed E-state index contributed by atoms with van der Waals surface area (Å²) >= 11 is 6.23. The molecule has 0 aliphatic rings. The second-order valence-electron chi connectivity index (χ2n) is 5.87.